The van der Waals surface area contributed by atoms with Crippen LogP contribution in [-0.2, 0) is 20.0 Å². The Balaban J connectivity index is 6.21. The molecule has 0 heterocycles. The fraction of sp³-hybridized carbons (Fsp3) is 1.00. The van der Waals surface area contributed by atoms with Crippen molar-refractivity contribution < 1.29 is 56.3 Å². The Bertz CT molecular complexity index is 569. The van der Waals surface area contributed by atoms with E-state index in [9.17, 15) is 56.3 Å². The van der Waals surface area contributed by atoms with E-state index in [1.165, 1.54) is 0 Å². The highest BCUT2D eigenvalue weighted by molar-refractivity contribution is 8.07. The first-order valence-corrected chi connectivity index (χ1v) is 7.37. The van der Waals surface area contributed by atoms with Gasteiger partial charge in [-0.05, 0) is 0 Å². The third-order valence-electron chi connectivity index (χ3n) is 1.91. The molecule has 0 aromatic carbocycles. The van der Waals surface area contributed by atoms with Crippen LogP contribution >= 0.6 is 0 Å². The molecule has 0 aliphatic heterocycles. The highest BCUT2D eigenvalue weighted by Crippen LogP contribution is 2.37. The van der Waals surface area contributed by atoms with Gasteiger partial charge in [0.1, 0.15) is 0 Å². The zero-order valence-electron chi connectivity index (χ0n) is 9.68. The molecule has 134 valence electrons. The van der Waals surface area contributed by atoms with Gasteiger partial charge in [-0.15, -0.1) is 4.31 Å². The van der Waals surface area contributed by atoms with Gasteiger partial charge >= 0.3 is 44.3 Å². The summed E-state index contributed by atoms with van der Waals surface area (Å²) in [6.07, 6.45) is 0. The molecule has 6 nitrogen and oxygen atoms in total. The van der Waals surface area contributed by atoms with Gasteiger partial charge in [-0.2, -0.15) is 35.1 Å². The van der Waals surface area contributed by atoms with Crippen LogP contribution in [0, 0.1) is 0 Å². The smallest absolute Gasteiger partial charge is 0.233 e. The number of nitrogens with zero attached hydrogens (tertiary/aromatic N) is 2. The van der Waals surface area contributed by atoms with E-state index < -0.39 is 59.7 Å². The largest absolute Gasteiger partial charge is 0.474 e. The van der Waals surface area contributed by atoms with E-state index in [-0.39, 0.29) is 0 Å². The summed E-state index contributed by atoms with van der Waals surface area (Å²) in [5.74, 6) is 0. The van der Waals surface area contributed by atoms with Crippen LogP contribution in [0.3, 0.4) is 0 Å². The Morgan fingerprint density at radius 1 is 0.773 bits per heavy atom. The third kappa shape index (κ3) is 3.40. The van der Waals surface area contributed by atoms with Crippen molar-refractivity contribution in [1.29, 1.82) is 0 Å². The van der Waals surface area contributed by atoms with Crippen molar-refractivity contribution in [3.8, 4) is 0 Å². The first-order chi connectivity index (χ1) is 9.66. The zero-order chi connectivity index (χ0) is 18.1. The molecule has 0 fully saturated rings. The van der Waals surface area contributed by atoms with E-state index in [0.717, 1.165) is 0 Å². The molecule has 0 aliphatic rings. The molecular weight excluding hydrogens is 387 g/mol. The lowest BCUT2D eigenvalue weighted by molar-refractivity contribution is -0.0878. The summed E-state index contributed by atoms with van der Waals surface area (Å²) in [5, 5.41) is 0. The van der Waals surface area contributed by atoms with Crippen LogP contribution in [0.5, 0.6) is 0 Å². The molecule has 0 rings (SSSR count). The first kappa shape index (κ1) is 21.2. The maximum atomic E-state index is 13.3. The minimum Gasteiger partial charge on any atom is -0.233 e. The fourth-order valence-corrected chi connectivity index (χ4v) is 3.79. The second-order valence-electron chi connectivity index (χ2n) is 3.14. The summed E-state index contributed by atoms with van der Waals surface area (Å²) in [7, 11) is -14.5. The lowest BCUT2D eigenvalue weighted by atomic mass is 11.1. The van der Waals surface area contributed by atoms with Crippen LogP contribution in [0.25, 0.3) is 0 Å². The van der Waals surface area contributed by atoms with E-state index in [0.29, 0.717) is 0 Å². The third-order valence-corrected chi connectivity index (χ3v) is 6.12. The molecule has 0 unspecified atom stereocenters. The van der Waals surface area contributed by atoms with Gasteiger partial charge in [-0.1, -0.05) is 4.31 Å². The van der Waals surface area contributed by atoms with Crippen molar-refractivity contribution in [3.63, 3.8) is 0 Å². The molecule has 17 heteroatoms. The molecule has 0 radical (unpaired) electrons. The molecule has 0 amide bonds. The Kier molecular flexibility index (Phi) is 6.50. The highest BCUT2D eigenvalue weighted by atomic mass is 32.3. The predicted molar refractivity (Wildman–Crippen MR) is 50.5 cm³/mol. The van der Waals surface area contributed by atoms with Crippen LogP contribution in [0.4, 0.5) is 39.5 Å². The summed E-state index contributed by atoms with van der Waals surface area (Å²) in [6, 6.07) is 0. The molecule has 0 spiro atoms. The second kappa shape index (κ2) is 6.75. The number of hydrogen-bond donors (Lipinski definition) is 0. The Morgan fingerprint density at radius 3 is 1.36 bits per heavy atom. The van der Waals surface area contributed by atoms with Gasteiger partial charge in [-0.25, -0.2) is 21.2 Å². The van der Waals surface area contributed by atoms with Crippen LogP contribution in [-0.4, -0.2) is 56.5 Å². The van der Waals surface area contributed by atoms with Crippen molar-refractivity contribution in [2.24, 2.45) is 0 Å². The van der Waals surface area contributed by atoms with Crippen molar-refractivity contribution in [3.05, 3.63) is 0 Å². The molecule has 0 N–H and O–H groups in total. The maximum Gasteiger partial charge on any atom is 0.474 e. The van der Waals surface area contributed by atoms with Crippen LogP contribution in [0.15, 0.2) is 0 Å². The van der Waals surface area contributed by atoms with Gasteiger partial charge in [0.05, 0.1) is 0 Å². The van der Waals surface area contributed by atoms with Gasteiger partial charge in [0.25, 0.3) is 0 Å². The topological polar surface area (TPSA) is 74.8 Å². The second-order valence-corrected chi connectivity index (χ2v) is 7.22. The highest BCUT2D eigenvalue weighted by Gasteiger charge is 2.66. The summed E-state index contributed by atoms with van der Waals surface area (Å²) >= 11 is 0. The van der Waals surface area contributed by atoms with Gasteiger partial charge in [0.2, 0.25) is 0 Å². The normalized spacial score (nSPS) is 14.8. The van der Waals surface area contributed by atoms with Crippen LogP contribution in [0.1, 0.15) is 0 Å². The number of halogens is 9. The first-order valence-electron chi connectivity index (χ1n) is 4.49. The number of alkyl halides is 9. The molecule has 22 heavy (non-hydrogen) atoms. The van der Waals surface area contributed by atoms with Crippen molar-refractivity contribution in [2.75, 3.05) is 6.80 Å². The van der Waals surface area contributed by atoms with E-state index in [4.69, 9.17) is 0 Å². The Hall–Kier alpha value is -0.810. The van der Waals surface area contributed by atoms with Crippen molar-refractivity contribution in [2.45, 2.75) is 24.2 Å². The van der Waals surface area contributed by atoms with Crippen molar-refractivity contribution >= 4 is 20.0 Å². The Labute approximate surface area is 117 Å². The van der Waals surface area contributed by atoms with Gasteiger partial charge in [0.15, 0.2) is 6.80 Å². The lowest BCUT2D eigenvalue weighted by Gasteiger charge is -2.28. The summed E-state index contributed by atoms with van der Waals surface area (Å²) < 4.78 is 144. The Morgan fingerprint density at radius 2 is 1.14 bits per heavy atom. The van der Waals surface area contributed by atoms with E-state index >= 15 is 0 Å². The van der Waals surface area contributed by atoms with Crippen LogP contribution in [0.2, 0.25) is 0 Å². The number of rotatable bonds is 8. The predicted octanol–water partition coefficient (Wildman–Crippen LogP) is 1.40. The maximum absolute atomic E-state index is 13.3. The SMILES string of the molecule is O=S(=O)(N(CF)C(F)F)C(F)(F)S(=O)(=O)N(C(F)F)C(F)F. The average molecular weight is 392 g/mol. The van der Waals surface area contributed by atoms with Gasteiger partial charge in [-0.3, -0.25) is 0 Å². The van der Waals surface area contributed by atoms with Gasteiger partial charge < -0.3 is 0 Å². The molecule has 0 bridgehead atoms. The summed E-state index contributed by atoms with van der Waals surface area (Å²) in [6.45, 7) is -17.0. The van der Waals surface area contributed by atoms with Crippen molar-refractivity contribution in [1.82, 2.24) is 8.61 Å². The number of sulfonamides is 2. The van der Waals surface area contributed by atoms with E-state index in [1.807, 2.05) is 0 Å². The minimum absolute atomic E-state index is 2.00. The average Bonchev–Trinajstić information content (AvgIpc) is 2.26. The molecule has 0 atom stereocenters. The van der Waals surface area contributed by atoms with Gasteiger partial charge in [0, 0.05) is 0 Å². The zero-order valence-corrected chi connectivity index (χ0v) is 11.3. The molecule has 0 aromatic heterocycles. The molecule has 0 saturated heterocycles. The molecule has 0 aliphatic carbocycles. The quantitative estimate of drug-likeness (QED) is 0.462. The standard InChI is InChI=1S/C5H5F9N2O4S2/c6-1-15(2(7)8)21(17,18)5(13,14)22(19,20)16(3(9)10)4(11)12/h2-4H,1H2. The molecule has 0 aromatic rings. The lowest BCUT2D eigenvalue weighted by Crippen LogP contribution is -2.56. The van der Waals surface area contributed by atoms with E-state index in [2.05, 4.69) is 0 Å². The monoisotopic (exact) mass is 392 g/mol. The minimum atomic E-state index is -7.38. The van der Waals surface area contributed by atoms with Crippen LogP contribution < -0.4 is 0 Å². The molecule has 0 saturated carbocycles. The van der Waals surface area contributed by atoms with E-state index in [1.54, 1.807) is 0 Å². The number of hydrogen-bond acceptors (Lipinski definition) is 4. The molecular formula is C5H5F9N2O4S2. The fourth-order valence-electron chi connectivity index (χ4n) is 0.909. The summed E-state index contributed by atoms with van der Waals surface area (Å²) in [5.41, 5.74) is 0. The summed E-state index contributed by atoms with van der Waals surface area (Å²) in [4.78, 5) is 0.